The number of carbonyl (C=O) groups excluding carboxylic acids is 2. The number of nitrogens with one attached hydrogen (secondary N) is 1. The van der Waals surface area contributed by atoms with Crippen LogP contribution in [0.2, 0.25) is 5.02 Å². The van der Waals surface area contributed by atoms with Crippen LogP contribution in [0.3, 0.4) is 0 Å². The average molecular weight is 597 g/mol. The summed E-state index contributed by atoms with van der Waals surface area (Å²) < 4.78 is 6.34. The number of imide groups is 1. The van der Waals surface area contributed by atoms with Gasteiger partial charge in [0.05, 0.1) is 23.3 Å². The molecule has 2 bridgehead atoms. The van der Waals surface area contributed by atoms with Crippen molar-refractivity contribution in [2.24, 2.45) is 29.6 Å². The number of benzene rings is 2. The van der Waals surface area contributed by atoms with Gasteiger partial charge in [0.1, 0.15) is 12.4 Å². The average Bonchev–Trinajstić information content (AvgIpc) is 3.66. The van der Waals surface area contributed by atoms with E-state index < -0.39 is 17.8 Å². The van der Waals surface area contributed by atoms with Gasteiger partial charge in [0.15, 0.2) is 0 Å². The van der Waals surface area contributed by atoms with Crippen molar-refractivity contribution in [3.63, 3.8) is 0 Å². The van der Waals surface area contributed by atoms with Crippen molar-refractivity contribution in [3.8, 4) is 5.75 Å². The van der Waals surface area contributed by atoms with Gasteiger partial charge in [-0.25, -0.2) is 0 Å². The number of aromatic nitrogens is 1. The second-order valence-electron chi connectivity index (χ2n) is 10.9. The van der Waals surface area contributed by atoms with Gasteiger partial charge in [-0.2, -0.15) is 0 Å². The molecular weight excluding hydrogens is 572 g/mol. The Hall–Kier alpha value is -3.08. The lowest BCUT2D eigenvalue weighted by Crippen LogP contribution is -2.42. The fourth-order valence-corrected chi connectivity index (χ4v) is 10.5. The highest BCUT2D eigenvalue weighted by molar-refractivity contribution is 8.00. The number of likely N-dealkylation sites (tertiary alicyclic amines) is 1. The summed E-state index contributed by atoms with van der Waals surface area (Å²) >= 11 is 8.87. The van der Waals surface area contributed by atoms with E-state index >= 15 is 0 Å². The van der Waals surface area contributed by atoms with Crippen LogP contribution in [0.4, 0.5) is 0 Å². The van der Waals surface area contributed by atoms with Gasteiger partial charge in [0.25, 0.3) is 0 Å². The minimum atomic E-state index is -1.03. The molecule has 206 valence electrons. The molecule has 6 unspecified atom stereocenters. The van der Waals surface area contributed by atoms with Crippen molar-refractivity contribution in [2.45, 2.75) is 35.6 Å². The molecule has 2 N–H and O–H groups in total. The zero-order valence-corrected chi connectivity index (χ0v) is 23.5. The van der Waals surface area contributed by atoms with Gasteiger partial charge in [-0.05, 0) is 47.9 Å². The summed E-state index contributed by atoms with van der Waals surface area (Å²) in [5.41, 5.74) is 1.94. The summed E-state index contributed by atoms with van der Waals surface area (Å²) in [5, 5.41) is 10.7. The van der Waals surface area contributed by atoms with Crippen molar-refractivity contribution in [1.82, 2.24) is 9.88 Å². The first-order chi connectivity index (χ1) is 19.3. The number of nitrogens with zero attached hydrogens (tertiary/aromatic N) is 1. The maximum Gasteiger partial charge on any atom is 0.305 e. The standard InChI is InChI=1S/C29H25ClN2O6S2/c30-14-7-5-13(6-8-14)12-38-18-4-2-1-3-15(18)20-21-16-11-17(24(21)39-26-25(20)40-29(37)31-26)23-22(16)27(35)32(28(23)36)10-9-19(33)34/h1-8,16-17,20-24H,9-12H2,(H,31,37)(H,33,34)/t16?,17?,20-,21?,22?,23?,24?/m1/s1. The molecule has 2 aromatic carbocycles. The Labute approximate surface area is 242 Å². The minimum Gasteiger partial charge on any atom is -0.489 e. The predicted molar refractivity (Wildman–Crippen MR) is 150 cm³/mol. The molecule has 0 spiro atoms. The lowest BCUT2D eigenvalue weighted by Gasteiger charge is -2.43. The van der Waals surface area contributed by atoms with E-state index in [9.17, 15) is 19.2 Å². The van der Waals surface area contributed by atoms with Crippen LogP contribution in [0.15, 0.2) is 58.4 Å². The van der Waals surface area contributed by atoms with Crippen molar-refractivity contribution < 1.29 is 24.2 Å². The number of hydrogen-bond acceptors (Lipinski definition) is 7. The van der Waals surface area contributed by atoms with Crippen LogP contribution in [0, 0.1) is 29.6 Å². The third kappa shape index (κ3) is 4.02. The first-order valence-electron chi connectivity index (χ1n) is 13.2. The normalized spacial score (nSPS) is 29.8. The highest BCUT2D eigenvalue weighted by Gasteiger charge is 2.69. The smallest absolute Gasteiger partial charge is 0.305 e. The molecule has 1 aromatic heterocycles. The fourth-order valence-electron chi connectivity index (χ4n) is 7.47. The number of carbonyl (C=O) groups is 3. The number of aromatic amines is 1. The molecule has 40 heavy (non-hydrogen) atoms. The summed E-state index contributed by atoms with van der Waals surface area (Å²) in [4.78, 5) is 55.7. The maximum absolute atomic E-state index is 13.5. The van der Waals surface area contributed by atoms with Gasteiger partial charge in [0.2, 0.25) is 11.8 Å². The first kappa shape index (κ1) is 25.9. The van der Waals surface area contributed by atoms with Crippen LogP contribution in [0.25, 0.3) is 0 Å². The van der Waals surface area contributed by atoms with E-state index in [1.807, 2.05) is 48.5 Å². The van der Waals surface area contributed by atoms with Crippen LogP contribution in [0.1, 0.15) is 34.8 Å². The Kier molecular flexibility index (Phi) is 6.32. The van der Waals surface area contributed by atoms with Gasteiger partial charge in [-0.1, -0.05) is 53.3 Å². The first-order valence-corrected chi connectivity index (χ1v) is 15.3. The van der Waals surface area contributed by atoms with Crippen molar-refractivity contribution >= 4 is 52.5 Å². The van der Waals surface area contributed by atoms with Gasteiger partial charge in [0, 0.05) is 33.2 Å². The summed E-state index contributed by atoms with van der Waals surface area (Å²) in [5.74, 6) is -1.87. The van der Waals surface area contributed by atoms with Crippen LogP contribution < -0.4 is 9.61 Å². The number of hydrogen-bond donors (Lipinski definition) is 2. The largest absolute Gasteiger partial charge is 0.489 e. The quantitative estimate of drug-likeness (QED) is 0.382. The predicted octanol–water partition coefficient (Wildman–Crippen LogP) is 4.62. The third-order valence-electron chi connectivity index (χ3n) is 8.93. The van der Waals surface area contributed by atoms with Crippen molar-refractivity contribution in [1.29, 1.82) is 0 Å². The molecule has 3 aromatic rings. The van der Waals surface area contributed by atoms with E-state index in [0.29, 0.717) is 11.6 Å². The molecule has 3 heterocycles. The van der Waals surface area contributed by atoms with E-state index in [1.165, 1.54) is 16.2 Å². The molecule has 2 aliphatic carbocycles. The van der Waals surface area contributed by atoms with E-state index in [1.54, 1.807) is 11.8 Å². The molecule has 2 aliphatic heterocycles. The fraction of sp³-hybridized carbons (Fsp3) is 0.379. The van der Waals surface area contributed by atoms with Crippen LogP contribution >= 0.6 is 34.7 Å². The number of aliphatic carboxylic acids is 1. The number of rotatable bonds is 7. The lowest BCUT2D eigenvalue weighted by atomic mass is 9.68. The van der Waals surface area contributed by atoms with Crippen LogP contribution in [0.5, 0.6) is 5.75 Å². The zero-order chi connectivity index (χ0) is 27.7. The molecule has 11 heteroatoms. The summed E-state index contributed by atoms with van der Waals surface area (Å²) in [6, 6.07) is 15.3. The molecule has 4 aliphatic rings. The number of carboxylic acid groups (broad SMARTS) is 1. The van der Waals surface area contributed by atoms with Gasteiger partial charge < -0.3 is 14.8 Å². The molecule has 7 atom stereocenters. The minimum absolute atomic E-state index is 0.0162. The highest BCUT2D eigenvalue weighted by atomic mass is 35.5. The van der Waals surface area contributed by atoms with E-state index in [0.717, 1.165) is 33.2 Å². The molecular formula is C29H25ClN2O6S2. The number of ether oxygens (including phenoxy) is 1. The summed E-state index contributed by atoms with van der Waals surface area (Å²) in [7, 11) is 0. The highest BCUT2D eigenvalue weighted by Crippen LogP contribution is 2.69. The monoisotopic (exact) mass is 596 g/mol. The van der Waals surface area contributed by atoms with Gasteiger partial charge in [-0.15, -0.1) is 11.8 Å². The third-order valence-corrected chi connectivity index (χ3v) is 11.8. The SMILES string of the molecule is O=C(O)CCN1C(=O)C2C3CC(C2C1=O)C1C3Sc2[nH]c(=O)sc2[C@@H]1c1ccccc1OCc1ccc(Cl)cc1. The zero-order valence-electron chi connectivity index (χ0n) is 21.1. The summed E-state index contributed by atoms with van der Waals surface area (Å²) in [6.45, 7) is 0.260. The molecule has 3 fully saturated rings. The number of amides is 2. The number of carboxylic acids is 1. The van der Waals surface area contributed by atoms with Crippen LogP contribution in [-0.4, -0.2) is 44.6 Å². The number of halogens is 1. The second-order valence-corrected chi connectivity index (χ2v) is 13.5. The Morgan fingerprint density at radius 1 is 1.05 bits per heavy atom. The van der Waals surface area contributed by atoms with Gasteiger partial charge >= 0.3 is 10.8 Å². The number of thiazole rings is 1. The number of para-hydroxylation sites is 1. The van der Waals surface area contributed by atoms with Crippen molar-refractivity contribution in [2.75, 3.05) is 6.54 Å². The molecule has 0 radical (unpaired) electrons. The molecule has 1 saturated heterocycles. The van der Waals surface area contributed by atoms with E-state index in [2.05, 4.69) is 4.98 Å². The molecule has 7 rings (SSSR count). The topological polar surface area (TPSA) is 117 Å². The van der Waals surface area contributed by atoms with E-state index in [4.69, 9.17) is 21.4 Å². The summed E-state index contributed by atoms with van der Waals surface area (Å²) in [6.07, 6.45) is 0.513. The Morgan fingerprint density at radius 3 is 2.52 bits per heavy atom. The lowest BCUT2D eigenvalue weighted by molar-refractivity contribution is -0.142. The molecule has 8 nitrogen and oxygen atoms in total. The number of H-pyrrole nitrogens is 1. The van der Waals surface area contributed by atoms with E-state index in [-0.39, 0.29) is 58.6 Å². The number of fused-ring (bicyclic) bond motifs is 9. The number of thioether (sulfide) groups is 1. The Bertz CT molecular complexity index is 1590. The van der Waals surface area contributed by atoms with Crippen LogP contribution in [-0.2, 0) is 21.0 Å². The maximum atomic E-state index is 13.5. The Morgan fingerprint density at radius 2 is 1.77 bits per heavy atom. The van der Waals surface area contributed by atoms with Crippen molar-refractivity contribution in [3.05, 3.63) is 79.2 Å². The van der Waals surface area contributed by atoms with Gasteiger partial charge in [-0.3, -0.25) is 24.1 Å². The Balaban J connectivity index is 1.25. The second kappa shape index (κ2) is 9.78. The molecule has 2 amide bonds. The molecule has 2 saturated carbocycles.